The van der Waals surface area contributed by atoms with Gasteiger partial charge < -0.3 is 4.18 Å². The molecule has 0 amide bonds. The zero-order valence-corrected chi connectivity index (χ0v) is 13.3. The SMILES string of the molecule is O=S(=O)(CCSc1ncc2ccccn12)Oc1ccccc1. The van der Waals surface area contributed by atoms with Gasteiger partial charge >= 0.3 is 10.1 Å². The van der Waals surface area contributed by atoms with Crippen LogP contribution in [-0.2, 0) is 10.1 Å². The monoisotopic (exact) mass is 334 g/mol. The molecule has 0 atom stereocenters. The number of pyridine rings is 1. The number of benzene rings is 1. The predicted octanol–water partition coefficient (Wildman–Crippen LogP) is 2.84. The summed E-state index contributed by atoms with van der Waals surface area (Å²) in [6.07, 6.45) is 3.66. The molecular weight excluding hydrogens is 320 g/mol. The van der Waals surface area contributed by atoms with Gasteiger partial charge in [-0.1, -0.05) is 36.0 Å². The van der Waals surface area contributed by atoms with Crippen LogP contribution in [0.15, 0.2) is 66.1 Å². The molecule has 0 bridgehead atoms. The average molecular weight is 334 g/mol. The van der Waals surface area contributed by atoms with E-state index in [9.17, 15) is 8.42 Å². The Morgan fingerprint density at radius 3 is 2.68 bits per heavy atom. The van der Waals surface area contributed by atoms with Gasteiger partial charge in [0.1, 0.15) is 5.75 Å². The first-order valence-electron chi connectivity index (χ1n) is 6.66. The van der Waals surface area contributed by atoms with Gasteiger partial charge in [-0.25, -0.2) is 4.98 Å². The first-order chi connectivity index (χ1) is 10.6. The Hall–Kier alpha value is -1.99. The molecule has 1 aromatic carbocycles. The minimum absolute atomic E-state index is 0.0751. The van der Waals surface area contributed by atoms with E-state index in [4.69, 9.17) is 4.18 Å². The second-order valence-corrected chi connectivity index (χ2v) is 7.30. The van der Waals surface area contributed by atoms with Crippen molar-refractivity contribution in [2.24, 2.45) is 0 Å². The van der Waals surface area contributed by atoms with E-state index >= 15 is 0 Å². The van der Waals surface area contributed by atoms with Crippen molar-refractivity contribution in [2.45, 2.75) is 5.16 Å². The largest absolute Gasteiger partial charge is 0.382 e. The van der Waals surface area contributed by atoms with Gasteiger partial charge in [0.15, 0.2) is 5.16 Å². The molecule has 0 N–H and O–H groups in total. The number of nitrogens with zero attached hydrogens (tertiary/aromatic N) is 2. The van der Waals surface area contributed by atoms with Crippen molar-refractivity contribution in [1.29, 1.82) is 0 Å². The topological polar surface area (TPSA) is 60.7 Å². The molecule has 0 saturated carbocycles. The summed E-state index contributed by atoms with van der Waals surface area (Å²) in [7, 11) is -3.60. The second kappa shape index (κ2) is 6.41. The molecule has 2 aromatic heterocycles. The lowest BCUT2D eigenvalue weighted by atomic mass is 10.3. The van der Waals surface area contributed by atoms with Crippen molar-refractivity contribution in [1.82, 2.24) is 9.38 Å². The predicted molar refractivity (Wildman–Crippen MR) is 86.8 cm³/mol. The summed E-state index contributed by atoms with van der Waals surface area (Å²) in [5, 5.41) is 0.769. The molecule has 3 aromatic rings. The number of rotatable bonds is 6. The molecule has 0 spiro atoms. The zero-order valence-electron chi connectivity index (χ0n) is 11.6. The van der Waals surface area contributed by atoms with Crippen molar-refractivity contribution >= 4 is 27.4 Å². The number of thioether (sulfide) groups is 1. The van der Waals surface area contributed by atoms with Gasteiger partial charge in [0.25, 0.3) is 0 Å². The van der Waals surface area contributed by atoms with Crippen molar-refractivity contribution < 1.29 is 12.6 Å². The molecule has 0 unspecified atom stereocenters. The average Bonchev–Trinajstić information content (AvgIpc) is 2.91. The summed E-state index contributed by atoms with van der Waals surface area (Å²) in [5.74, 6) is 0.635. The minimum Gasteiger partial charge on any atom is -0.382 e. The van der Waals surface area contributed by atoms with Crippen LogP contribution in [0.1, 0.15) is 0 Å². The lowest BCUT2D eigenvalue weighted by molar-refractivity contribution is 0.488. The third-order valence-corrected chi connectivity index (χ3v) is 5.31. The van der Waals surface area contributed by atoms with E-state index in [-0.39, 0.29) is 5.75 Å². The van der Waals surface area contributed by atoms with Crippen LogP contribution in [0.2, 0.25) is 0 Å². The van der Waals surface area contributed by atoms with E-state index < -0.39 is 10.1 Å². The van der Waals surface area contributed by atoms with Crippen molar-refractivity contribution in [3.63, 3.8) is 0 Å². The molecule has 0 saturated heterocycles. The fourth-order valence-electron chi connectivity index (χ4n) is 1.93. The van der Waals surface area contributed by atoms with Crippen LogP contribution in [0.3, 0.4) is 0 Å². The van der Waals surface area contributed by atoms with Gasteiger partial charge in [0, 0.05) is 11.9 Å². The molecule has 0 radical (unpaired) electrons. The maximum Gasteiger partial charge on any atom is 0.310 e. The van der Waals surface area contributed by atoms with Crippen LogP contribution in [0.25, 0.3) is 5.52 Å². The summed E-state index contributed by atoms with van der Waals surface area (Å²) in [6, 6.07) is 14.3. The molecule has 3 rings (SSSR count). The molecule has 0 aliphatic rings. The summed E-state index contributed by atoms with van der Waals surface area (Å²) in [4.78, 5) is 4.29. The highest BCUT2D eigenvalue weighted by atomic mass is 32.2. The molecule has 0 fully saturated rings. The standard InChI is InChI=1S/C15H14N2O3S2/c18-22(19,20-14-7-2-1-3-8-14)11-10-21-15-16-12-13-6-4-5-9-17(13)15/h1-9,12H,10-11H2. The van der Waals surface area contributed by atoms with E-state index in [1.165, 1.54) is 11.8 Å². The van der Waals surface area contributed by atoms with Crippen molar-refractivity contribution in [3.8, 4) is 5.75 Å². The molecule has 22 heavy (non-hydrogen) atoms. The number of para-hydroxylation sites is 1. The maximum absolute atomic E-state index is 11.9. The van der Waals surface area contributed by atoms with Crippen LogP contribution >= 0.6 is 11.8 Å². The van der Waals surface area contributed by atoms with E-state index in [1.807, 2.05) is 28.8 Å². The molecular formula is C15H14N2O3S2. The third kappa shape index (κ3) is 3.61. The molecule has 0 aliphatic carbocycles. The van der Waals surface area contributed by atoms with E-state index in [2.05, 4.69) is 4.98 Å². The normalized spacial score (nSPS) is 11.6. The second-order valence-electron chi connectivity index (χ2n) is 4.54. The van der Waals surface area contributed by atoms with Gasteiger partial charge in [0.2, 0.25) is 0 Å². The highest BCUT2D eigenvalue weighted by molar-refractivity contribution is 8.00. The van der Waals surface area contributed by atoms with Crippen LogP contribution < -0.4 is 4.18 Å². The molecule has 0 aliphatic heterocycles. The summed E-state index contributed by atoms with van der Waals surface area (Å²) < 4.78 is 30.8. The lowest BCUT2D eigenvalue weighted by Gasteiger charge is -2.06. The first kappa shape index (κ1) is 14.9. The lowest BCUT2D eigenvalue weighted by Crippen LogP contribution is -2.15. The Labute approximate surface area is 133 Å². The van der Waals surface area contributed by atoms with Crippen molar-refractivity contribution in [3.05, 3.63) is 60.9 Å². The van der Waals surface area contributed by atoms with E-state index in [1.54, 1.807) is 36.5 Å². The quantitative estimate of drug-likeness (QED) is 0.512. The van der Waals surface area contributed by atoms with E-state index in [0.29, 0.717) is 11.5 Å². The summed E-state index contributed by atoms with van der Waals surface area (Å²) in [6.45, 7) is 0. The highest BCUT2D eigenvalue weighted by Gasteiger charge is 2.14. The Morgan fingerprint density at radius 2 is 1.86 bits per heavy atom. The minimum atomic E-state index is -3.60. The Kier molecular flexibility index (Phi) is 4.35. The van der Waals surface area contributed by atoms with E-state index in [0.717, 1.165) is 10.7 Å². The number of aromatic nitrogens is 2. The van der Waals surface area contributed by atoms with Crippen LogP contribution in [0.5, 0.6) is 5.75 Å². The Morgan fingerprint density at radius 1 is 1.09 bits per heavy atom. The van der Waals surface area contributed by atoms with Gasteiger partial charge in [-0.15, -0.1) is 0 Å². The van der Waals surface area contributed by atoms with Crippen molar-refractivity contribution in [2.75, 3.05) is 11.5 Å². The highest BCUT2D eigenvalue weighted by Crippen LogP contribution is 2.19. The fraction of sp³-hybridized carbons (Fsp3) is 0.133. The number of fused-ring (bicyclic) bond motifs is 1. The fourth-order valence-corrected chi connectivity index (χ4v) is 4.18. The zero-order chi connectivity index (χ0) is 15.4. The first-order valence-corrected chi connectivity index (χ1v) is 9.22. The summed E-state index contributed by atoms with van der Waals surface area (Å²) in [5.41, 5.74) is 0.980. The molecule has 5 nitrogen and oxygen atoms in total. The Balaban J connectivity index is 1.60. The number of hydrogen-bond acceptors (Lipinski definition) is 5. The maximum atomic E-state index is 11.9. The molecule has 114 valence electrons. The Bertz CT molecular complexity index is 861. The van der Waals surface area contributed by atoms with Gasteiger partial charge in [0.05, 0.1) is 17.5 Å². The third-order valence-electron chi connectivity index (χ3n) is 2.94. The number of imidazole rings is 1. The smallest absolute Gasteiger partial charge is 0.310 e. The molecule has 2 heterocycles. The van der Waals surface area contributed by atoms with Crippen LogP contribution in [0, 0.1) is 0 Å². The molecule has 7 heteroatoms. The van der Waals surface area contributed by atoms with Gasteiger partial charge in [-0.2, -0.15) is 8.42 Å². The summed E-state index contributed by atoms with van der Waals surface area (Å²) >= 11 is 1.39. The van der Waals surface area contributed by atoms with Gasteiger partial charge in [-0.3, -0.25) is 4.40 Å². The number of hydrogen-bond donors (Lipinski definition) is 0. The van der Waals surface area contributed by atoms with Gasteiger partial charge in [-0.05, 0) is 24.3 Å². The van der Waals surface area contributed by atoms with Crippen LogP contribution in [-0.4, -0.2) is 29.3 Å². The van der Waals surface area contributed by atoms with Crippen LogP contribution in [0.4, 0.5) is 0 Å².